The molecule has 40 valence electrons. The molecule has 0 aliphatic carbocycles. The Hall–Kier alpha value is -0.370. The molecule has 0 aromatic carbocycles. The monoisotopic (exact) mass is 118 g/mol. The van der Waals surface area contributed by atoms with Gasteiger partial charge in [0.15, 0.2) is 0 Å². The normalized spacial score (nSPS) is 11.4. The molecule has 0 fully saturated rings. The van der Waals surface area contributed by atoms with E-state index >= 15 is 0 Å². The highest BCUT2D eigenvalue weighted by Crippen LogP contribution is 1.83. The van der Waals surface area contributed by atoms with Crippen molar-refractivity contribution in [3.05, 3.63) is 0 Å². The van der Waals surface area contributed by atoms with E-state index in [1.807, 2.05) is 6.92 Å². The second-order valence-corrected chi connectivity index (χ2v) is 1.24. The minimum Gasteiger partial charge on any atom is -0.257 e. The molecule has 7 heavy (non-hydrogen) atoms. The minimum absolute atomic E-state index is 0.238. The highest BCUT2D eigenvalue weighted by Gasteiger charge is 1.77. The van der Waals surface area contributed by atoms with Crippen LogP contribution in [0.2, 0.25) is 0 Å². The first-order chi connectivity index (χ1) is 3.31. The maximum absolute atomic E-state index is 5.29. The summed E-state index contributed by atoms with van der Waals surface area (Å²) in [6, 6.07) is 0. The van der Waals surface area contributed by atoms with E-state index in [-0.39, 0.29) is 5.29 Å². The Morgan fingerprint density at radius 2 is 2.43 bits per heavy atom. The average Bonchev–Trinajstić information content (AvgIpc) is 1.68. The molecular weight excluding hydrogens is 112 g/mol. The van der Waals surface area contributed by atoms with E-state index in [0.29, 0.717) is 6.54 Å². The molecule has 2 nitrogen and oxygen atoms in total. The Bertz CT molecular complexity index is 87.7. The Morgan fingerprint density at radius 3 is 2.57 bits per heavy atom. The molecule has 0 aromatic heterocycles. The third kappa shape index (κ3) is 3.46. The highest BCUT2D eigenvalue weighted by molar-refractivity contribution is 6.65. The van der Waals surface area contributed by atoms with Crippen molar-refractivity contribution in [2.24, 2.45) is 9.98 Å². The SMILES string of the molecule is C=N/C(Cl)=N\CC. The van der Waals surface area contributed by atoms with Gasteiger partial charge >= 0.3 is 0 Å². The van der Waals surface area contributed by atoms with Gasteiger partial charge < -0.3 is 0 Å². The Morgan fingerprint density at radius 1 is 1.86 bits per heavy atom. The zero-order valence-corrected chi connectivity index (χ0v) is 4.94. The molecule has 0 heterocycles. The van der Waals surface area contributed by atoms with Crippen LogP contribution in [0.15, 0.2) is 9.98 Å². The van der Waals surface area contributed by atoms with Crippen LogP contribution < -0.4 is 0 Å². The number of hydrogen-bond donors (Lipinski definition) is 0. The Labute approximate surface area is 47.9 Å². The number of nitrogens with zero attached hydrogens (tertiary/aromatic N) is 2. The van der Waals surface area contributed by atoms with Gasteiger partial charge in [-0.2, -0.15) is 0 Å². The van der Waals surface area contributed by atoms with Gasteiger partial charge in [-0.25, -0.2) is 4.99 Å². The van der Waals surface area contributed by atoms with Crippen molar-refractivity contribution in [2.45, 2.75) is 6.92 Å². The van der Waals surface area contributed by atoms with Crippen LogP contribution in [0.4, 0.5) is 0 Å². The zero-order valence-electron chi connectivity index (χ0n) is 4.19. The third-order valence-corrected chi connectivity index (χ3v) is 0.658. The lowest BCUT2D eigenvalue weighted by molar-refractivity contribution is 1.13. The summed E-state index contributed by atoms with van der Waals surface area (Å²) in [5, 5.41) is 0.238. The van der Waals surface area contributed by atoms with Gasteiger partial charge in [0.05, 0.1) is 0 Å². The van der Waals surface area contributed by atoms with E-state index in [1.54, 1.807) is 0 Å². The van der Waals surface area contributed by atoms with Crippen LogP contribution in [0.1, 0.15) is 6.92 Å². The fraction of sp³-hybridized carbons (Fsp3) is 0.500. The average molecular weight is 119 g/mol. The number of aliphatic imine (C=N–C) groups is 2. The largest absolute Gasteiger partial charge is 0.257 e. The zero-order chi connectivity index (χ0) is 5.70. The van der Waals surface area contributed by atoms with Crippen molar-refractivity contribution in [3.63, 3.8) is 0 Å². The summed E-state index contributed by atoms with van der Waals surface area (Å²) in [6.07, 6.45) is 0. The lowest BCUT2D eigenvalue weighted by atomic mass is 10.8. The minimum atomic E-state index is 0.238. The van der Waals surface area contributed by atoms with Gasteiger partial charge in [-0.05, 0) is 25.2 Å². The first kappa shape index (κ1) is 6.63. The summed E-state index contributed by atoms with van der Waals surface area (Å²) in [7, 11) is 0. The third-order valence-electron chi connectivity index (χ3n) is 0.419. The predicted octanol–water partition coefficient (Wildman–Crippen LogP) is 1.30. The first-order valence-electron chi connectivity index (χ1n) is 1.98. The van der Waals surface area contributed by atoms with E-state index < -0.39 is 0 Å². The van der Waals surface area contributed by atoms with E-state index in [1.165, 1.54) is 0 Å². The molecule has 0 saturated carbocycles. The van der Waals surface area contributed by atoms with Crippen molar-refractivity contribution in [1.29, 1.82) is 0 Å². The van der Waals surface area contributed by atoms with Crippen LogP contribution in [-0.4, -0.2) is 18.6 Å². The van der Waals surface area contributed by atoms with Crippen LogP contribution in [0.25, 0.3) is 0 Å². The summed E-state index contributed by atoms with van der Waals surface area (Å²) in [5.41, 5.74) is 0. The van der Waals surface area contributed by atoms with Crippen LogP contribution in [-0.2, 0) is 0 Å². The molecular formula is C4H7ClN2. The fourth-order valence-electron chi connectivity index (χ4n) is 0.180. The maximum atomic E-state index is 5.29. The molecule has 0 radical (unpaired) electrons. The topological polar surface area (TPSA) is 24.7 Å². The lowest BCUT2D eigenvalue weighted by Crippen LogP contribution is -1.78. The van der Waals surface area contributed by atoms with Gasteiger partial charge in [0, 0.05) is 6.54 Å². The second kappa shape index (κ2) is 3.81. The summed E-state index contributed by atoms with van der Waals surface area (Å²) in [6.45, 7) is 5.71. The van der Waals surface area contributed by atoms with Crippen molar-refractivity contribution >= 4 is 23.6 Å². The number of halogens is 1. The van der Waals surface area contributed by atoms with Crippen LogP contribution >= 0.6 is 11.6 Å². The van der Waals surface area contributed by atoms with E-state index in [4.69, 9.17) is 11.6 Å². The van der Waals surface area contributed by atoms with Crippen molar-refractivity contribution < 1.29 is 0 Å². The standard InChI is InChI=1S/C4H7ClN2/c1-3-7-4(5)6-2/h2-3H2,1H3/b7-4-. The molecule has 0 aliphatic rings. The molecule has 3 heteroatoms. The van der Waals surface area contributed by atoms with Crippen molar-refractivity contribution in [1.82, 2.24) is 0 Å². The number of rotatable bonds is 1. The molecule has 0 aromatic rings. The summed E-state index contributed by atoms with van der Waals surface area (Å²) < 4.78 is 0. The van der Waals surface area contributed by atoms with Crippen molar-refractivity contribution in [2.75, 3.05) is 6.54 Å². The molecule has 0 saturated heterocycles. The van der Waals surface area contributed by atoms with Gasteiger partial charge in [0.2, 0.25) is 5.29 Å². The van der Waals surface area contributed by atoms with E-state index in [2.05, 4.69) is 16.7 Å². The summed E-state index contributed by atoms with van der Waals surface area (Å²) in [5.74, 6) is 0. The molecule has 0 unspecified atom stereocenters. The van der Waals surface area contributed by atoms with Gasteiger partial charge in [-0.3, -0.25) is 4.99 Å². The number of amidine groups is 1. The molecule has 0 aliphatic heterocycles. The van der Waals surface area contributed by atoms with Crippen LogP contribution in [0.5, 0.6) is 0 Å². The number of hydrogen-bond acceptors (Lipinski definition) is 1. The van der Waals surface area contributed by atoms with Gasteiger partial charge in [-0.15, -0.1) is 0 Å². The molecule has 0 bridgehead atoms. The molecule has 0 rings (SSSR count). The lowest BCUT2D eigenvalue weighted by Gasteiger charge is -1.80. The second-order valence-electron chi connectivity index (χ2n) is 0.901. The Balaban J connectivity index is 3.49. The molecule has 0 N–H and O–H groups in total. The molecule has 0 spiro atoms. The summed E-state index contributed by atoms with van der Waals surface area (Å²) >= 11 is 5.29. The van der Waals surface area contributed by atoms with Gasteiger partial charge in [0.1, 0.15) is 0 Å². The van der Waals surface area contributed by atoms with E-state index in [9.17, 15) is 0 Å². The quantitative estimate of drug-likeness (QED) is 0.282. The Kier molecular flexibility index (Phi) is 3.61. The maximum Gasteiger partial charge on any atom is 0.217 e. The molecule has 0 atom stereocenters. The summed E-state index contributed by atoms with van der Waals surface area (Å²) in [4.78, 5) is 7.04. The first-order valence-corrected chi connectivity index (χ1v) is 2.35. The van der Waals surface area contributed by atoms with Crippen LogP contribution in [0.3, 0.4) is 0 Å². The molecule has 0 amide bonds. The van der Waals surface area contributed by atoms with E-state index in [0.717, 1.165) is 0 Å². The fourth-order valence-corrected chi connectivity index (χ4v) is 0.300. The van der Waals surface area contributed by atoms with Gasteiger partial charge in [-0.1, -0.05) is 0 Å². The van der Waals surface area contributed by atoms with Crippen molar-refractivity contribution in [3.8, 4) is 0 Å². The van der Waals surface area contributed by atoms with Gasteiger partial charge in [0.25, 0.3) is 0 Å². The highest BCUT2D eigenvalue weighted by atomic mass is 35.5. The predicted molar refractivity (Wildman–Crippen MR) is 33.4 cm³/mol. The van der Waals surface area contributed by atoms with Crippen LogP contribution in [0, 0.1) is 0 Å². The smallest absolute Gasteiger partial charge is 0.217 e.